The summed E-state index contributed by atoms with van der Waals surface area (Å²) in [7, 11) is 0. The first-order valence-electron chi connectivity index (χ1n) is 4.03. The number of aromatic amines is 1. The van der Waals surface area contributed by atoms with Crippen molar-refractivity contribution < 1.29 is 4.92 Å². The predicted octanol–water partition coefficient (Wildman–Crippen LogP) is 0.598. The van der Waals surface area contributed by atoms with Crippen LogP contribution < -0.4 is 5.73 Å². The molecule has 0 spiro atoms. The first-order valence-corrected chi connectivity index (χ1v) is 4.03. The van der Waals surface area contributed by atoms with Crippen LogP contribution in [0.25, 0.3) is 0 Å². The van der Waals surface area contributed by atoms with E-state index < -0.39 is 4.92 Å². The van der Waals surface area contributed by atoms with E-state index in [1.165, 1.54) is 6.20 Å². The van der Waals surface area contributed by atoms with Gasteiger partial charge in [0.25, 0.3) is 0 Å². The number of aryl methyl sites for hydroxylation is 1. The van der Waals surface area contributed by atoms with Crippen LogP contribution >= 0.6 is 0 Å². The van der Waals surface area contributed by atoms with Crippen LogP contribution in [0, 0.1) is 10.1 Å². The normalized spacial score (nSPS) is 12.8. The van der Waals surface area contributed by atoms with Gasteiger partial charge in [0.1, 0.15) is 0 Å². The molecular formula is C7H12N4O2. The van der Waals surface area contributed by atoms with E-state index in [1.807, 2.05) is 6.92 Å². The van der Waals surface area contributed by atoms with Gasteiger partial charge in [-0.15, -0.1) is 5.10 Å². The number of aromatic nitrogens is 2. The second kappa shape index (κ2) is 3.99. The summed E-state index contributed by atoms with van der Waals surface area (Å²) in [4.78, 5) is 9.96. The number of hydrogen-bond acceptors (Lipinski definition) is 4. The Hall–Kier alpha value is -1.43. The molecule has 0 bridgehead atoms. The maximum absolute atomic E-state index is 10.4. The van der Waals surface area contributed by atoms with Gasteiger partial charge in [-0.1, -0.05) is 5.10 Å². The fraction of sp³-hybridized carbons (Fsp3) is 0.571. The molecule has 1 aromatic rings. The van der Waals surface area contributed by atoms with Gasteiger partial charge in [0, 0.05) is 6.04 Å². The highest BCUT2D eigenvalue weighted by Gasteiger charge is 2.14. The van der Waals surface area contributed by atoms with E-state index in [4.69, 9.17) is 5.73 Å². The molecule has 0 saturated carbocycles. The molecule has 0 radical (unpaired) electrons. The zero-order chi connectivity index (χ0) is 9.84. The summed E-state index contributed by atoms with van der Waals surface area (Å²) in [5.41, 5.74) is 6.15. The third kappa shape index (κ3) is 2.51. The fourth-order valence-corrected chi connectivity index (χ4v) is 1.03. The zero-order valence-corrected chi connectivity index (χ0v) is 7.36. The topological polar surface area (TPSA) is 97.8 Å². The predicted molar refractivity (Wildman–Crippen MR) is 47.2 cm³/mol. The number of H-pyrrole nitrogens is 1. The molecule has 0 amide bonds. The van der Waals surface area contributed by atoms with Gasteiger partial charge in [-0.05, 0) is 24.7 Å². The van der Waals surface area contributed by atoms with Crippen LogP contribution in [0.15, 0.2) is 6.20 Å². The monoisotopic (exact) mass is 184 g/mol. The number of nitro groups is 1. The first kappa shape index (κ1) is 9.66. The van der Waals surface area contributed by atoms with Gasteiger partial charge in [-0.2, -0.15) is 0 Å². The summed E-state index contributed by atoms with van der Waals surface area (Å²) >= 11 is 0. The highest BCUT2D eigenvalue weighted by molar-refractivity contribution is 5.29. The highest BCUT2D eigenvalue weighted by Crippen LogP contribution is 2.15. The Kier molecular flexibility index (Phi) is 2.97. The molecule has 1 aromatic heterocycles. The number of rotatable bonds is 4. The molecule has 0 aromatic carbocycles. The van der Waals surface area contributed by atoms with E-state index in [1.54, 1.807) is 0 Å². The van der Waals surface area contributed by atoms with Crippen molar-refractivity contribution in [2.75, 3.05) is 0 Å². The maximum atomic E-state index is 10.4. The van der Waals surface area contributed by atoms with Crippen LogP contribution in [-0.2, 0) is 6.42 Å². The highest BCUT2D eigenvalue weighted by atomic mass is 16.6. The zero-order valence-electron chi connectivity index (χ0n) is 7.36. The Bertz CT molecular complexity index is 294. The van der Waals surface area contributed by atoms with Crippen molar-refractivity contribution in [3.63, 3.8) is 0 Å². The van der Waals surface area contributed by atoms with Crippen LogP contribution in [0.5, 0.6) is 0 Å². The third-order valence-corrected chi connectivity index (χ3v) is 1.75. The molecule has 13 heavy (non-hydrogen) atoms. The molecule has 0 aliphatic carbocycles. The van der Waals surface area contributed by atoms with Gasteiger partial charge >= 0.3 is 5.82 Å². The lowest BCUT2D eigenvalue weighted by atomic mass is 10.1. The lowest BCUT2D eigenvalue weighted by Gasteiger charge is -2.01. The van der Waals surface area contributed by atoms with Gasteiger partial charge in [0.05, 0.1) is 11.8 Å². The fourth-order valence-electron chi connectivity index (χ4n) is 1.03. The molecule has 0 fully saturated rings. The summed E-state index contributed by atoms with van der Waals surface area (Å²) in [5.74, 6) is -0.0272. The molecule has 0 saturated heterocycles. The summed E-state index contributed by atoms with van der Waals surface area (Å²) in [6, 6.07) is 0.0505. The Balaban J connectivity index is 2.65. The third-order valence-electron chi connectivity index (χ3n) is 1.75. The smallest absolute Gasteiger partial charge is 0.345 e. The first-order chi connectivity index (χ1) is 6.11. The van der Waals surface area contributed by atoms with Crippen LogP contribution in [-0.4, -0.2) is 21.2 Å². The second-order valence-electron chi connectivity index (χ2n) is 3.02. The quantitative estimate of drug-likeness (QED) is 0.528. The minimum atomic E-state index is -0.469. The molecular weight excluding hydrogens is 172 g/mol. The van der Waals surface area contributed by atoms with Gasteiger partial charge in [0.2, 0.25) is 0 Å². The maximum Gasteiger partial charge on any atom is 0.345 e. The standard InChI is InChI=1S/C7H12N4O2/c1-5(8)2-3-6-4-9-10-7(6)11(12)13/h4-5H,2-3,8H2,1H3,(H,9,10). The number of nitrogens with two attached hydrogens (primary N) is 1. The molecule has 6 heteroatoms. The lowest BCUT2D eigenvalue weighted by molar-refractivity contribution is -0.390. The second-order valence-corrected chi connectivity index (χ2v) is 3.02. The van der Waals surface area contributed by atoms with E-state index >= 15 is 0 Å². The molecule has 3 N–H and O–H groups in total. The average molecular weight is 184 g/mol. The van der Waals surface area contributed by atoms with Crippen molar-refractivity contribution in [2.45, 2.75) is 25.8 Å². The average Bonchev–Trinajstić information content (AvgIpc) is 2.47. The van der Waals surface area contributed by atoms with Crippen molar-refractivity contribution in [2.24, 2.45) is 5.73 Å². The molecule has 0 aliphatic rings. The molecule has 1 unspecified atom stereocenters. The largest absolute Gasteiger partial charge is 0.358 e. The van der Waals surface area contributed by atoms with Crippen LogP contribution in [0.3, 0.4) is 0 Å². The van der Waals surface area contributed by atoms with Crippen LogP contribution in [0.2, 0.25) is 0 Å². The minimum Gasteiger partial charge on any atom is -0.358 e. The Morgan fingerprint density at radius 1 is 1.85 bits per heavy atom. The molecule has 1 atom stereocenters. The van der Waals surface area contributed by atoms with Gasteiger partial charge < -0.3 is 15.8 Å². The van der Waals surface area contributed by atoms with Crippen molar-refractivity contribution in [3.05, 3.63) is 21.9 Å². The van der Waals surface area contributed by atoms with E-state index in [0.717, 1.165) is 6.42 Å². The summed E-state index contributed by atoms with van der Waals surface area (Å²) in [5, 5.41) is 16.4. The SMILES string of the molecule is CC(N)CCc1cn[nH]c1[N+](=O)[O-]. The number of nitrogens with zero attached hydrogens (tertiary/aromatic N) is 2. The minimum absolute atomic E-state index is 0.0272. The lowest BCUT2D eigenvalue weighted by Crippen LogP contribution is -2.15. The van der Waals surface area contributed by atoms with E-state index in [-0.39, 0.29) is 11.9 Å². The number of nitrogens with one attached hydrogen (secondary N) is 1. The van der Waals surface area contributed by atoms with E-state index in [0.29, 0.717) is 12.0 Å². The van der Waals surface area contributed by atoms with E-state index in [2.05, 4.69) is 10.2 Å². The van der Waals surface area contributed by atoms with E-state index in [9.17, 15) is 10.1 Å². The van der Waals surface area contributed by atoms with Crippen LogP contribution in [0.4, 0.5) is 5.82 Å². The summed E-state index contributed by atoms with van der Waals surface area (Å²) in [6.07, 6.45) is 2.78. The van der Waals surface area contributed by atoms with Gasteiger partial charge in [-0.25, -0.2) is 0 Å². The Morgan fingerprint density at radius 2 is 2.54 bits per heavy atom. The van der Waals surface area contributed by atoms with Gasteiger partial charge in [0.15, 0.2) is 0 Å². The Labute approximate surface area is 75.3 Å². The van der Waals surface area contributed by atoms with Crippen molar-refractivity contribution in [3.8, 4) is 0 Å². The molecule has 6 nitrogen and oxygen atoms in total. The van der Waals surface area contributed by atoms with Crippen molar-refractivity contribution in [1.29, 1.82) is 0 Å². The van der Waals surface area contributed by atoms with Crippen molar-refractivity contribution >= 4 is 5.82 Å². The summed E-state index contributed by atoms with van der Waals surface area (Å²) < 4.78 is 0. The number of hydrogen-bond donors (Lipinski definition) is 2. The summed E-state index contributed by atoms with van der Waals surface area (Å²) in [6.45, 7) is 1.87. The Morgan fingerprint density at radius 3 is 3.08 bits per heavy atom. The van der Waals surface area contributed by atoms with Gasteiger partial charge in [-0.3, -0.25) is 0 Å². The molecule has 1 rings (SSSR count). The molecule has 1 heterocycles. The molecule has 72 valence electrons. The molecule has 0 aliphatic heterocycles. The van der Waals surface area contributed by atoms with Crippen LogP contribution in [0.1, 0.15) is 18.9 Å². The van der Waals surface area contributed by atoms with Crippen molar-refractivity contribution in [1.82, 2.24) is 10.2 Å².